The van der Waals surface area contributed by atoms with Crippen LogP contribution in [0.15, 0.2) is 59.7 Å². The summed E-state index contributed by atoms with van der Waals surface area (Å²) in [7, 11) is 0.389. The van der Waals surface area contributed by atoms with Crippen LogP contribution in [0, 0.1) is 0 Å². The van der Waals surface area contributed by atoms with Crippen LogP contribution in [-0.4, -0.2) is 39.4 Å². The van der Waals surface area contributed by atoms with Gasteiger partial charge >= 0.3 is 20.2 Å². The molecular formula is C24H26O7P+. The molecule has 8 heteroatoms. The van der Waals surface area contributed by atoms with Crippen molar-refractivity contribution in [2.45, 2.75) is 13.8 Å². The molecule has 0 radical (unpaired) electrons. The maximum absolute atomic E-state index is 12.0. The summed E-state index contributed by atoms with van der Waals surface area (Å²) in [5, 5.41) is 0. The van der Waals surface area contributed by atoms with E-state index in [1.54, 1.807) is 48.5 Å². The van der Waals surface area contributed by atoms with Crippen LogP contribution in [-0.2, 0) is 23.1 Å². The lowest BCUT2D eigenvalue weighted by molar-refractivity contribution is 0.0592. The second-order valence-electron chi connectivity index (χ2n) is 6.98. The van der Waals surface area contributed by atoms with E-state index in [1.807, 2.05) is 26.0 Å². The minimum atomic E-state index is -2.28. The molecule has 0 saturated heterocycles. The van der Waals surface area contributed by atoms with E-state index >= 15 is 0 Å². The molecule has 0 spiro atoms. The number of methoxy groups -OCH3 is 2. The monoisotopic (exact) mass is 457 g/mol. The number of carbonyl (C=O) groups is 2. The molecule has 32 heavy (non-hydrogen) atoms. The predicted molar refractivity (Wildman–Crippen MR) is 122 cm³/mol. The number of esters is 2. The zero-order chi connectivity index (χ0) is 23.5. The number of hydrogen-bond donors (Lipinski definition) is 0. The van der Waals surface area contributed by atoms with Gasteiger partial charge in [-0.2, -0.15) is 0 Å². The molecule has 0 N–H and O–H groups in total. The maximum Gasteiger partial charge on any atom is 0.698 e. The molecule has 0 aliphatic carbocycles. The molecule has 0 saturated carbocycles. The molecule has 0 unspecified atom stereocenters. The van der Waals surface area contributed by atoms with Crippen LogP contribution in [0.1, 0.15) is 45.7 Å². The van der Waals surface area contributed by atoms with Gasteiger partial charge in [0, 0.05) is 4.57 Å². The Kier molecular flexibility index (Phi) is 9.95. The van der Waals surface area contributed by atoms with Gasteiger partial charge in [-0.15, -0.1) is 9.05 Å². The molecule has 0 heterocycles. The highest BCUT2D eigenvalue weighted by molar-refractivity contribution is 7.33. The van der Waals surface area contributed by atoms with E-state index in [2.05, 4.69) is 9.47 Å². The van der Waals surface area contributed by atoms with Crippen molar-refractivity contribution in [3.63, 3.8) is 0 Å². The molecule has 2 aromatic rings. The summed E-state index contributed by atoms with van der Waals surface area (Å²) >= 11 is 0. The van der Waals surface area contributed by atoms with Crippen LogP contribution in [0.5, 0.6) is 0 Å². The third-order valence-electron chi connectivity index (χ3n) is 4.28. The summed E-state index contributed by atoms with van der Waals surface area (Å²) in [4.78, 5) is 22.9. The highest BCUT2D eigenvalue weighted by atomic mass is 31.1. The van der Waals surface area contributed by atoms with Crippen LogP contribution in [0.4, 0.5) is 0 Å². The average molecular weight is 457 g/mol. The van der Waals surface area contributed by atoms with Gasteiger partial charge in [0.05, 0.1) is 25.3 Å². The highest BCUT2D eigenvalue weighted by Crippen LogP contribution is 2.26. The molecule has 0 atom stereocenters. The first-order chi connectivity index (χ1) is 15.3. The largest absolute Gasteiger partial charge is 0.698 e. The molecule has 0 aliphatic rings. The number of carbonyl (C=O) groups excluding carboxylic acids is 2. The van der Waals surface area contributed by atoms with Crippen molar-refractivity contribution in [1.29, 1.82) is 0 Å². The lowest BCUT2D eigenvalue weighted by Crippen LogP contribution is -2.00. The molecule has 2 aromatic carbocycles. The third kappa shape index (κ3) is 8.19. The number of ether oxygens (including phenoxy) is 2. The van der Waals surface area contributed by atoms with Crippen molar-refractivity contribution in [2.24, 2.45) is 0 Å². The minimum Gasteiger partial charge on any atom is -0.465 e. The van der Waals surface area contributed by atoms with E-state index in [-0.39, 0.29) is 13.2 Å². The van der Waals surface area contributed by atoms with E-state index in [4.69, 9.17) is 9.05 Å². The van der Waals surface area contributed by atoms with Gasteiger partial charge in [-0.1, -0.05) is 36.4 Å². The van der Waals surface area contributed by atoms with Gasteiger partial charge in [0.1, 0.15) is 13.2 Å². The van der Waals surface area contributed by atoms with Crippen LogP contribution < -0.4 is 0 Å². The van der Waals surface area contributed by atoms with Gasteiger partial charge in [0.2, 0.25) is 0 Å². The van der Waals surface area contributed by atoms with Crippen molar-refractivity contribution >= 4 is 32.3 Å². The van der Waals surface area contributed by atoms with E-state index < -0.39 is 20.2 Å². The van der Waals surface area contributed by atoms with Crippen molar-refractivity contribution in [1.82, 2.24) is 0 Å². The third-order valence-corrected chi connectivity index (χ3v) is 4.96. The van der Waals surface area contributed by atoms with Crippen LogP contribution in [0.3, 0.4) is 0 Å². The Balaban J connectivity index is 1.80. The average Bonchev–Trinajstić information content (AvgIpc) is 2.81. The fourth-order valence-electron chi connectivity index (χ4n) is 2.67. The van der Waals surface area contributed by atoms with Crippen molar-refractivity contribution in [3.05, 3.63) is 81.9 Å². The van der Waals surface area contributed by atoms with Gasteiger partial charge in [0.15, 0.2) is 0 Å². The summed E-state index contributed by atoms with van der Waals surface area (Å²) in [5.74, 6) is -0.783. The van der Waals surface area contributed by atoms with Crippen molar-refractivity contribution in [3.8, 4) is 0 Å². The normalized spacial score (nSPS) is 12.3. The summed E-state index contributed by atoms with van der Waals surface area (Å²) in [6.07, 6.45) is 3.74. The number of benzene rings is 2. The zero-order valence-electron chi connectivity index (χ0n) is 18.5. The van der Waals surface area contributed by atoms with Crippen LogP contribution >= 0.6 is 8.25 Å². The van der Waals surface area contributed by atoms with Gasteiger partial charge in [-0.3, -0.25) is 0 Å². The summed E-state index contributed by atoms with van der Waals surface area (Å²) < 4.78 is 31.9. The first kappa shape index (κ1) is 25.1. The molecular weight excluding hydrogens is 431 g/mol. The number of rotatable bonds is 10. The quantitative estimate of drug-likeness (QED) is 0.346. The van der Waals surface area contributed by atoms with E-state index in [1.165, 1.54) is 14.2 Å². The van der Waals surface area contributed by atoms with Gasteiger partial charge in [0.25, 0.3) is 0 Å². The van der Waals surface area contributed by atoms with Gasteiger partial charge in [-0.05, 0) is 60.4 Å². The van der Waals surface area contributed by atoms with E-state index in [0.29, 0.717) is 11.1 Å². The van der Waals surface area contributed by atoms with Crippen LogP contribution in [0.25, 0.3) is 12.2 Å². The second kappa shape index (κ2) is 12.7. The smallest absolute Gasteiger partial charge is 0.465 e. The molecule has 0 bridgehead atoms. The Morgan fingerprint density at radius 3 is 1.38 bits per heavy atom. The first-order valence-electron chi connectivity index (χ1n) is 9.76. The topological polar surface area (TPSA) is 88.1 Å². The number of hydrogen-bond acceptors (Lipinski definition) is 7. The Morgan fingerprint density at radius 2 is 1.06 bits per heavy atom. The van der Waals surface area contributed by atoms with Crippen LogP contribution in [0.2, 0.25) is 0 Å². The molecule has 168 valence electrons. The first-order valence-corrected chi connectivity index (χ1v) is 10.9. The SMILES string of the molecule is COC(=O)c1ccc(C=C(C)CO[P+](=O)OCC(C)=Cc2ccc(C(=O)OC)cc2)cc1. The summed E-state index contributed by atoms with van der Waals surface area (Å²) in [6.45, 7) is 3.98. The molecule has 2 rings (SSSR count). The Bertz CT molecular complexity index is 924. The molecule has 0 aromatic heterocycles. The minimum absolute atomic E-state index is 0.145. The predicted octanol–water partition coefficient (Wildman–Crippen LogP) is 5.46. The lowest BCUT2D eigenvalue weighted by Gasteiger charge is -2.01. The molecule has 0 fully saturated rings. The lowest BCUT2D eigenvalue weighted by atomic mass is 10.1. The fourth-order valence-corrected chi connectivity index (χ4v) is 3.36. The highest BCUT2D eigenvalue weighted by Gasteiger charge is 2.20. The molecule has 0 amide bonds. The standard InChI is InChI=1S/C24H26O7P/c1-17(13-19-5-9-21(10-6-19)23(25)28-3)15-30-32(27)31-16-18(2)14-20-7-11-22(12-8-20)24(26)29-4/h5-14H,15-16H2,1-4H3/q+1. The van der Waals surface area contributed by atoms with Crippen molar-refractivity contribution in [2.75, 3.05) is 27.4 Å². The second-order valence-corrected chi connectivity index (χ2v) is 7.94. The Hall–Kier alpha value is -3.12. The zero-order valence-corrected chi connectivity index (χ0v) is 19.4. The Morgan fingerprint density at radius 1 is 0.719 bits per heavy atom. The Labute approximate surface area is 188 Å². The summed E-state index contributed by atoms with van der Waals surface area (Å²) in [5.41, 5.74) is 4.40. The molecule has 0 aliphatic heterocycles. The molecule has 7 nitrogen and oxygen atoms in total. The fraction of sp³-hybridized carbons (Fsp3) is 0.250. The van der Waals surface area contributed by atoms with Crippen molar-refractivity contribution < 1.29 is 32.7 Å². The maximum atomic E-state index is 12.0. The van der Waals surface area contributed by atoms with Gasteiger partial charge < -0.3 is 9.47 Å². The van der Waals surface area contributed by atoms with Gasteiger partial charge in [-0.25, -0.2) is 9.59 Å². The van der Waals surface area contributed by atoms with E-state index in [0.717, 1.165) is 22.3 Å². The van der Waals surface area contributed by atoms with E-state index in [9.17, 15) is 14.2 Å². The summed E-state index contributed by atoms with van der Waals surface area (Å²) in [6, 6.07) is 13.9.